The Labute approximate surface area is 182 Å². The molecule has 0 aromatic carbocycles. The van der Waals surface area contributed by atoms with Crippen molar-refractivity contribution in [1.82, 2.24) is 20.2 Å². The van der Waals surface area contributed by atoms with E-state index in [-0.39, 0.29) is 11.6 Å². The molecule has 2 aliphatic rings. The highest BCUT2D eigenvalue weighted by atomic mass is 32.2. The van der Waals surface area contributed by atoms with Crippen LogP contribution >= 0.6 is 23.1 Å². The van der Waals surface area contributed by atoms with Crippen LogP contribution in [0, 0.1) is 0 Å². The maximum absolute atomic E-state index is 13.3. The highest BCUT2D eigenvalue weighted by Crippen LogP contribution is 2.35. The number of nitrogens with one attached hydrogen (secondary N) is 2. The predicted octanol–water partition coefficient (Wildman–Crippen LogP) is 2.45. The van der Waals surface area contributed by atoms with Crippen LogP contribution in [0.2, 0.25) is 0 Å². The summed E-state index contributed by atoms with van der Waals surface area (Å²) in [6.45, 7) is 2.44. The molecule has 10 heteroatoms. The number of thioether (sulfide) groups is 1. The number of hydrogen-bond acceptors (Lipinski definition) is 7. The number of fused-ring (bicyclic) bond motifs is 3. The van der Waals surface area contributed by atoms with Gasteiger partial charge in [0.05, 0.1) is 23.8 Å². The van der Waals surface area contributed by atoms with E-state index in [1.54, 1.807) is 29.9 Å². The third-order valence-electron chi connectivity index (χ3n) is 5.36. The summed E-state index contributed by atoms with van der Waals surface area (Å²) in [6.07, 6.45) is 6.04. The van der Waals surface area contributed by atoms with Crippen LogP contribution in [0.5, 0.6) is 0 Å². The van der Waals surface area contributed by atoms with E-state index in [0.717, 1.165) is 54.3 Å². The van der Waals surface area contributed by atoms with Gasteiger partial charge in [-0.2, -0.15) is 0 Å². The quantitative estimate of drug-likeness (QED) is 0.496. The maximum atomic E-state index is 13.3. The van der Waals surface area contributed by atoms with Crippen LogP contribution < -0.4 is 16.2 Å². The Balaban J connectivity index is 1.60. The van der Waals surface area contributed by atoms with Crippen LogP contribution in [0.4, 0.5) is 4.79 Å². The van der Waals surface area contributed by atoms with Gasteiger partial charge in [-0.05, 0) is 51.0 Å². The van der Waals surface area contributed by atoms with E-state index in [4.69, 9.17) is 9.72 Å². The van der Waals surface area contributed by atoms with Gasteiger partial charge in [0, 0.05) is 18.0 Å². The number of nitrogens with zero attached hydrogens (tertiary/aromatic N) is 2. The van der Waals surface area contributed by atoms with Gasteiger partial charge in [-0.1, -0.05) is 11.8 Å². The van der Waals surface area contributed by atoms with Gasteiger partial charge in [0.25, 0.3) is 5.56 Å². The molecule has 1 atom stereocenters. The van der Waals surface area contributed by atoms with Crippen molar-refractivity contribution in [3.63, 3.8) is 0 Å². The highest BCUT2D eigenvalue weighted by Gasteiger charge is 2.27. The lowest BCUT2D eigenvalue weighted by atomic mass is 9.97. The summed E-state index contributed by atoms with van der Waals surface area (Å²) in [4.78, 5) is 44.4. The molecule has 0 saturated heterocycles. The van der Waals surface area contributed by atoms with Crippen molar-refractivity contribution in [2.75, 3.05) is 13.7 Å². The van der Waals surface area contributed by atoms with Gasteiger partial charge in [-0.15, -0.1) is 11.3 Å². The van der Waals surface area contributed by atoms with Gasteiger partial charge in [-0.25, -0.2) is 9.78 Å². The molecule has 3 amide bonds. The Bertz CT molecular complexity index is 1030. The number of rotatable bonds is 7. The molecule has 0 radical (unpaired) electrons. The first-order chi connectivity index (χ1) is 14.5. The zero-order chi connectivity index (χ0) is 21.3. The van der Waals surface area contributed by atoms with Crippen LogP contribution in [-0.4, -0.2) is 46.5 Å². The molecule has 2 aliphatic carbocycles. The zero-order valence-corrected chi connectivity index (χ0v) is 18.8. The van der Waals surface area contributed by atoms with Crippen LogP contribution in [0.3, 0.4) is 0 Å². The van der Waals surface area contributed by atoms with Crippen molar-refractivity contribution in [3.05, 3.63) is 20.8 Å². The molecule has 0 bridgehead atoms. The number of urea groups is 1. The number of methoxy groups -OCH3 is 1. The SMILES string of the molecule is COCCn1c(SC(C)C(=O)NC(=O)NC2CC2)nc2sc3c(c2c1=O)CCCC3. The van der Waals surface area contributed by atoms with E-state index in [1.165, 1.54) is 16.6 Å². The van der Waals surface area contributed by atoms with Gasteiger partial charge < -0.3 is 10.1 Å². The lowest BCUT2D eigenvalue weighted by Crippen LogP contribution is -2.43. The molecule has 0 spiro atoms. The Morgan fingerprint density at radius 2 is 2.10 bits per heavy atom. The fourth-order valence-corrected chi connectivity index (χ4v) is 5.80. The van der Waals surface area contributed by atoms with Crippen molar-refractivity contribution in [1.29, 1.82) is 0 Å². The zero-order valence-electron chi connectivity index (χ0n) is 17.2. The largest absolute Gasteiger partial charge is 0.383 e. The number of thiophene rings is 1. The molecule has 1 unspecified atom stereocenters. The topological polar surface area (TPSA) is 102 Å². The molecule has 1 saturated carbocycles. The number of aryl methyl sites for hydroxylation is 2. The molecule has 2 N–H and O–H groups in total. The molecule has 4 rings (SSSR count). The first-order valence-electron chi connectivity index (χ1n) is 10.3. The molecular weight excluding hydrogens is 424 g/mol. The molecule has 8 nitrogen and oxygen atoms in total. The summed E-state index contributed by atoms with van der Waals surface area (Å²) in [7, 11) is 1.59. The van der Waals surface area contributed by atoms with Gasteiger partial charge in [0.1, 0.15) is 4.83 Å². The summed E-state index contributed by atoms with van der Waals surface area (Å²) >= 11 is 2.78. The van der Waals surface area contributed by atoms with E-state index in [1.807, 2.05) is 0 Å². The second-order valence-corrected chi connectivity index (χ2v) is 10.1. The highest BCUT2D eigenvalue weighted by molar-refractivity contribution is 8.00. The van der Waals surface area contributed by atoms with E-state index in [9.17, 15) is 14.4 Å². The van der Waals surface area contributed by atoms with Crippen LogP contribution in [0.1, 0.15) is 43.0 Å². The van der Waals surface area contributed by atoms with E-state index >= 15 is 0 Å². The summed E-state index contributed by atoms with van der Waals surface area (Å²) < 4.78 is 6.79. The van der Waals surface area contributed by atoms with E-state index in [2.05, 4.69) is 10.6 Å². The fraction of sp³-hybridized carbons (Fsp3) is 0.600. The summed E-state index contributed by atoms with van der Waals surface area (Å²) in [5.74, 6) is -0.406. The standard InChI is InChI=1S/C20H26N4O4S2/c1-11(16(25)22-19(27)21-12-7-8-12)29-20-23-17-15(18(26)24(20)9-10-28-2)13-5-3-4-6-14(13)30-17/h11-12H,3-10H2,1-2H3,(H2,21,22,25,27). The lowest BCUT2D eigenvalue weighted by molar-refractivity contribution is -0.119. The lowest BCUT2D eigenvalue weighted by Gasteiger charge is -2.16. The number of carbonyl (C=O) groups excluding carboxylic acids is 2. The maximum Gasteiger partial charge on any atom is 0.321 e. The molecule has 1 fully saturated rings. The van der Waals surface area contributed by atoms with Crippen molar-refractivity contribution < 1.29 is 14.3 Å². The average molecular weight is 451 g/mol. The Morgan fingerprint density at radius 1 is 1.33 bits per heavy atom. The van der Waals surface area contributed by atoms with Crippen LogP contribution in [0.25, 0.3) is 10.2 Å². The van der Waals surface area contributed by atoms with Gasteiger partial charge >= 0.3 is 6.03 Å². The molecule has 2 aromatic heterocycles. The number of carbonyl (C=O) groups is 2. The first kappa shape index (κ1) is 21.3. The van der Waals surface area contributed by atoms with Crippen molar-refractivity contribution in [3.8, 4) is 0 Å². The number of amides is 3. The summed E-state index contributed by atoms with van der Waals surface area (Å²) in [5, 5.41) is 5.73. The minimum atomic E-state index is -0.581. The Morgan fingerprint density at radius 3 is 2.83 bits per heavy atom. The summed E-state index contributed by atoms with van der Waals surface area (Å²) in [6, 6.07) is -0.296. The molecule has 30 heavy (non-hydrogen) atoms. The van der Waals surface area contributed by atoms with Gasteiger partial charge in [0.15, 0.2) is 5.16 Å². The van der Waals surface area contributed by atoms with Crippen LogP contribution in [-0.2, 0) is 28.9 Å². The molecule has 2 heterocycles. The first-order valence-corrected chi connectivity index (χ1v) is 12.0. The number of hydrogen-bond donors (Lipinski definition) is 2. The molecule has 2 aromatic rings. The summed E-state index contributed by atoms with van der Waals surface area (Å²) in [5.41, 5.74) is 1.07. The average Bonchev–Trinajstić information content (AvgIpc) is 3.44. The van der Waals surface area contributed by atoms with Crippen LogP contribution in [0.15, 0.2) is 9.95 Å². The van der Waals surface area contributed by atoms with Gasteiger partial charge in [0.2, 0.25) is 5.91 Å². The molecular formula is C20H26N4O4S2. The second kappa shape index (κ2) is 9.07. The molecule has 162 valence electrons. The van der Waals surface area contributed by atoms with Crippen molar-refractivity contribution in [2.24, 2.45) is 0 Å². The van der Waals surface area contributed by atoms with Crippen molar-refractivity contribution in [2.45, 2.75) is 68.4 Å². The number of imide groups is 1. The van der Waals surface area contributed by atoms with Crippen molar-refractivity contribution >= 4 is 45.3 Å². The Kier molecular flexibility index (Phi) is 6.45. The minimum Gasteiger partial charge on any atom is -0.383 e. The van der Waals surface area contributed by atoms with Gasteiger partial charge in [-0.3, -0.25) is 19.5 Å². The Hall–Kier alpha value is -1.91. The fourth-order valence-electron chi connectivity index (χ4n) is 3.56. The van der Waals surface area contributed by atoms with E-state index in [0.29, 0.717) is 18.3 Å². The number of aromatic nitrogens is 2. The normalized spacial score (nSPS) is 16.9. The minimum absolute atomic E-state index is 0.0713. The smallest absolute Gasteiger partial charge is 0.321 e. The monoisotopic (exact) mass is 450 g/mol. The third kappa shape index (κ3) is 4.55. The third-order valence-corrected chi connectivity index (χ3v) is 7.64. The second-order valence-electron chi connectivity index (χ2n) is 7.73. The predicted molar refractivity (Wildman–Crippen MR) is 117 cm³/mol. The molecule has 0 aliphatic heterocycles. The number of ether oxygens (including phenoxy) is 1. The van der Waals surface area contributed by atoms with E-state index < -0.39 is 17.2 Å².